The molecular formula is C16H21N3O4. The molecule has 7 heteroatoms. The largest absolute Gasteiger partial charge is 0.442 e. The minimum Gasteiger partial charge on any atom is -0.442 e. The summed E-state index contributed by atoms with van der Waals surface area (Å²) in [5.41, 5.74) is 0.317. The van der Waals surface area contributed by atoms with E-state index in [1.165, 1.54) is 10.9 Å². The van der Waals surface area contributed by atoms with Crippen molar-refractivity contribution in [2.75, 3.05) is 26.8 Å². The number of ether oxygens (including phenoxy) is 1. The van der Waals surface area contributed by atoms with Gasteiger partial charge in [0, 0.05) is 20.2 Å². The van der Waals surface area contributed by atoms with E-state index in [-0.39, 0.29) is 22.6 Å². The van der Waals surface area contributed by atoms with Crippen molar-refractivity contribution in [3.05, 3.63) is 28.0 Å². The number of rotatable bonds is 4. The number of carbonyl (C=O) groups is 1. The Kier molecular flexibility index (Phi) is 4.47. The number of hydrogen-bond donors (Lipinski definition) is 0. The van der Waals surface area contributed by atoms with Crippen LogP contribution in [0.4, 0.5) is 0 Å². The number of furan rings is 1. The predicted molar refractivity (Wildman–Crippen MR) is 84.6 cm³/mol. The highest BCUT2D eigenvalue weighted by Gasteiger charge is 2.27. The maximum absolute atomic E-state index is 12.8. The van der Waals surface area contributed by atoms with Gasteiger partial charge in [-0.2, -0.15) is 0 Å². The number of fused-ring (bicyclic) bond motifs is 1. The van der Waals surface area contributed by atoms with Gasteiger partial charge in [0.15, 0.2) is 0 Å². The predicted octanol–water partition coefficient (Wildman–Crippen LogP) is 1.57. The molecule has 1 amide bonds. The zero-order valence-electron chi connectivity index (χ0n) is 13.5. The van der Waals surface area contributed by atoms with E-state index in [4.69, 9.17) is 9.15 Å². The minimum absolute atomic E-state index is 0.135. The lowest BCUT2D eigenvalue weighted by Gasteiger charge is -2.26. The summed E-state index contributed by atoms with van der Waals surface area (Å²) in [6, 6.07) is 0. The van der Waals surface area contributed by atoms with Gasteiger partial charge >= 0.3 is 0 Å². The van der Waals surface area contributed by atoms with Gasteiger partial charge in [0.1, 0.15) is 17.5 Å². The number of aromatic nitrogens is 2. The zero-order valence-corrected chi connectivity index (χ0v) is 13.5. The van der Waals surface area contributed by atoms with Crippen LogP contribution < -0.4 is 5.56 Å². The third-order valence-electron chi connectivity index (χ3n) is 4.25. The molecule has 2 aromatic heterocycles. The number of likely N-dealkylation sites (tertiary alicyclic amines) is 1. The SMILES string of the molecule is COCCn1cnc2oc(C)c(C(=O)N3CCCCC3)c2c1=O. The molecule has 1 saturated heterocycles. The van der Waals surface area contributed by atoms with Crippen LogP contribution in [0.1, 0.15) is 35.4 Å². The molecule has 0 spiro atoms. The van der Waals surface area contributed by atoms with Crippen molar-refractivity contribution < 1.29 is 13.9 Å². The second kappa shape index (κ2) is 6.54. The van der Waals surface area contributed by atoms with Gasteiger partial charge in [0.25, 0.3) is 11.5 Å². The van der Waals surface area contributed by atoms with Crippen molar-refractivity contribution in [2.24, 2.45) is 0 Å². The van der Waals surface area contributed by atoms with E-state index >= 15 is 0 Å². The summed E-state index contributed by atoms with van der Waals surface area (Å²) < 4.78 is 12.0. The molecule has 2 aromatic rings. The Bertz CT molecular complexity index is 771. The monoisotopic (exact) mass is 319 g/mol. The van der Waals surface area contributed by atoms with E-state index < -0.39 is 0 Å². The van der Waals surface area contributed by atoms with Crippen LogP contribution in [0.2, 0.25) is 0 Å². The molecule has 0 aromatic carbocycles. The number of methoxy groups -OCH3 is 1. The van der Waals surface area contributed by atoms with Crippen molar-refractivity contribution in [3.8, 4) is 0 Å². The number of amides is 1. The fraction of sp³-hybridized carbons (Fsp3) is 0.562. The lowest BCUT2D eigenvalue weighted by Crippen LogP contribution is -2.36. The van der Waals surface area contributed by atoms with Crippen LogP contribution >= 0.6 is 0 Å². The molecule has 0 unspecified atom stereocenters. The van der Waals surface area contributed by atoms with Crippen LogP contribution in [0.15, 0.2) is 15.5 Å². The maximum Gasteiger partial charge on any atom is 0.265 e. The molecule has 0 atom stereocenters. The van der Waals surface area contributed by atoms with E-state index in [1.807, 2.05) is 0 Å². The van der Waals surface area contributed by atoms with Crippen LogP contribution in [0.25, 0.3) is 11.1 Å². The van der Waals surface area contributed by atoms with Crippen molar-refractivity contribution in [3.63, 3.8) is 0 Å². The molecule has 7 nitrogen and oxygen atoms in total. The Labute approximate surface area is 133 Å². The fourth-order valence-electron chi connectivity index (χ4n) is 3.00. The summed E-state index contributed by atoms with van der Waals surface area (Å²) in [6.07, 6.45) is 4.57. The third-order valence-corrected chi connectivity index (χ3v) is 4.25. The van der Waals surface area contributed by atoms with Crippen molar-refractivity contribution >= 4 is 17.0 Å². The van der Waals surface area contributed by atoms with E-state index in [9.17, 15) is 9.59 Å². The highest BCUT2D eigenvalue weighted by molar-refractivity contribution is 6.06. The Morgan fingerprint density at radius 1 is 1.35 bits per heavy atom. The van der Waals surface area contributed by atoms with Crippen LogP contribution in [0.5, 0.6) is 0 Å². The number of nitrogens with zero attached hydrogens (tertiary/aromatic N) is 3. The van der Waals surface area contributed by atoms with Gasteiger partial charge < -0.3 is 14.1 Å². The van der Waals surface area contributed by atoms with E-state index in [2.05, 4.69) is 4.98 Å². The standard InChI is InChI=1S/C16H21N3O4/c1-11-12(15(20)18-6-4-3-5-7-18)13-14(23-11)17-10-19(16(13)21)8-9-22-2/h10H,3-9H2,1-2H3. The van der Waals surface area contributed by atoms with Crippen molar-refractivity contribution in [1.29, 1.82) is 0 Å². The molecule has 1 fully saturated rings. The van der Waals surface area contributed by atoms with Crippen LogP contribution in [0, 0.1) is 6.92 Å². The molecule has 0 bridgehead atoms. The van der Waals surface area contributed by atoms with Gasteiger partial charge in [-0.3, -0.25) is 14.2 Å². The molecule has 1 aliphatic heterocycles. The number of aryl methyl sites for hydroxylation is 1. The van der Waals surface area contributed by atoms with Crippen LogP contribution in [-0.2, 0) is 11.3 Å². The first kappa shape index (κ1) is 15.7. The summed E-state index contributed by atoms with van der Waals surface area (Å²) in [5.74, 6) is 0.314. The Balaban J connectivity index is 2.06. The smallest absolute Gasteiger partial charge is 0.265 e. The minimum atomic E-state index is -0.260. The molecule has 3 heterocycles. The number of hydrogen-bond acceptors (Lipinski definition) is 5. The summed E-state index contributed by atoms with van der Waals surface area (Å²) in [4.78, 5) is 31.5. The quantitative estimate of drug-likeness (QED) is 0.855. The molecule has 0 radical (unpaired) electrons. The van der Waals surface area contributed by atoms with Gasteiger partial charge in [-0.15, -0.1) is 0 Å². The molecular weight excluding hydrogens is 298 g/mol. The van der Waals surface area contributed by atoms with Crippen molar-refractivity contribution in [1.82, 2.24) is 14.5 Å². The summed E-state index contributed by atoms with van der Waals surface area (Å²) in [6.45, 7) is 3.95. The van der Waals surface area contributed by atoms with Gasteiger partial charge in [0.2, 0.25) is 5.71 Å². The Hall–Kier alpha value is -2.15. The number of carbonyl (C=O) groups excluding carboxylic acids is 1. The van der Waals surface area contributed by atoms with Crippen LogP contribution in [-0.4, -0.2) is 47.2 Å². The maximum atomic E-state index is 12.8. The first-order valence-electron chi connectivity index (χ1n) is 7.90. The summed E-state index contributed by atoms with van der Waals surface area (Å²) in [7, 11) is 1.57. The van der Waals surface area contributed by atoms with E-state index in [0.717, 1.165) is 32.4 Å². The van der Waals surface area contributed by atoms with E-state index in [0.29, 0.717) is 24.5 Å². The molecule has 124 valence electrons. The van der Waals surface area contributed by atoms with Gasteiger partial charge in [0.05, 0.1) is 18.7 Å². The summed E-state index contributed by atoms with van der Waals surface area (Å²) in [5, 5.41) is 0.275. The average Bonchev–Trinajstić information content (AvgIpc) is 2.91. The first-order chi connectivity index (χ1) is 11.1. The molecule has 23 heavy (non-hydrogen) atoms. The van der Waals surface area contributed by atoms with Crippen molar-refractivity contribution in [2.45, 2.75) is 32.7 Å². The highest BCUT2D eigenvalue weighted by atomic mass is 16.5. The molecule has 1 aliphatic rings. The normalized spacial score (nSPS) is 15.3. The fourth-order valence-corrected chi connectivity index (χ4v) is 3.00. The average molecular weight is 319 g/mol. The second-order valence-corrected chi connectivity index (χ2v) is 5.80. The molecule has 0 saturated carbocycles. The molecule has 3 rings (SSSR count). The molecule has 0 aliphatic carbocycles. The topological polar surface area (TPSA) is 77.6 Å². The second-order valence-electron chi connectivity index (χ2n) is 5.80. The zero-order chi connectivity index (χ0) is 16.4. The lowest BCUT2D eigenvalue weighted by molar-refractivity contribution is 0.0724. The lowest BCUT2D eigenvalue weighted by atomic mass is 10.1. The third kappa shape index (κ3) is 2.88. The highest BCUT2D eigenvalue weighted by Crippen LogP contribution is 2.24. The molecule has 0 N–H and O–H groups in total. The van der Waals surface area contributed by atoms with Gasteiger partial charge in [-0.05, 0) is 26.2 Å². The Morgan fingerprint density at radius 3 is 2.78 bits per heavy atom. The summed E-state index contributed by atoms with van der Waals surface area (Å²) >= 11 is 0. The number of piperidine rings is 1. The Morgan fingerprint density at radius 2 is 2.09 bits per heavy atom. The van der Waals surface area contributed by atoms with Crippen LogP contribution in [0.3, 0.4) is 0 Å². The van der Waals surface area contributed by atoms with Gasteiger partial charge in [-0.25, -0.2) is 4.98 Å². The first-order valence-corrected chi connectivity index (χ1v) is 7.90. The van der Waals surface area contributed by atoms with E-state index in [1.54, 1.807) is 18.9 Å². The van der Waals surface area contributed by atoms with Gasteiger partial charge in [-0.1, -0.05) is 0 Å².